The van der Waals surface area contributed by atoms with E-state index in [-0.39, 0.29) is 5.97 Å². The third-order valence-electron chi connectivity index (χ3n) is 3.21. The second kappa shape index (κ2) is 7.79. The van der Waals surface area contributed by atoms with E-state index in [1.165, 1.54) is 7.11 Å². The lowest BCUT2D eigenvalue weighted by Crippen LogP contribution is -2.23. The van der Waals surface area contributed by atoms with Gasteiger partial charge in [-0.3, -0.25) is 4.79 Å². The van der Waals surface area contributed by atoms with Crippen molar-refractivity contribution in [2.75, 3.05) is 14.2 Å². The van der Waals surface area contributed by atoms with Crippen LogP contribution in [-0.4, -0.2) is 25.3 Å². The van der Waals surface area contributed by atoms with Crippen LogP contribution in [0.3, 0.4) is 0 Å². The topological polar surface area (TPSA) is 55.8 Å². The van der Waals surface area contributed by atoms with Gasteiger partial charge in [0.2, 0.25) is 0 Å². The molecule has 19 heavy (non-hydrogen) atoms. The number of esters is 1. The van der Waals surface area contributed by atoms with Crippen LogP contribution in [0, 0.1) is 5.92 Å². The van der Waals surface area contributed by atoms with E-state index in [9.17, 15) is 9.90 Å². The van der Waals surface area contributed by atoms with Gasteiger partial charge in [-0.05, 0) is 24.1 Å². The molecule has 1 N–H and O–H groups in total. The number of hydrogen-bond acceptors (Lipinski definition) is 4. The predicted octanol–water partition coefficient (Wildman–Crippen LogP) is 2.71. The highest BCUT2D eigenvalue weighted by Gasteiger charge is 2.28. The third kappa shape index (κ3) is 4.24. The van der Waals surface area contributed by atoms with Crippen molar-refractivity contribution in [1.82, 2.24) is 0 Å². The minimum atomic E-state index is -0.843. The largest absolute Gasteiger partial charge is 0.497 e. The van der Waals surface area contributed by atoms with Crippen LogP contribution in [0.15, 0.2) is 24.3 Å². The molecule has 1 aromatic carbocycles. The quantitative estimate of drug-likeness (QED) is 0.771. The minimum Gasteiger partial charge on any atom is -0.497 e. The summed E-state index contributed by atoms with van der Waals surface area (Å²) in [5.41, 5.74) is 0.701. The lowest BCUT2D eigenvalue weighted by molar-refractivity contribution is -0.150. The van der Waals surface area contributed by atoms with E-state index < -0.39 is 12.0 Å². The van der Waals surface area contributed by atoms with Crippen molar-refractivity contribution in [3.8, 4) is 5.75 Å². The molecular weight excluding hydrogens is 244 g/mol. The smallest absolute Gasteiger partial charge is 0.311 e. The molecule has 0 aliphatic heterocycles. The summed E-state index contributed by atoms with van der Waals surface area (Å²) in [6.45, 7) is 2.05. The van der Waals surface area contributed by atoms with Gasteiger partial charge in [0.15, 0.2) is 0 Å². The first-order valence-electron chi connectivity index (χ1n) is 6.53. The number of benzene rings is 1. The first-order valence-corrected chi connectivity index (χ1v) is 6.53. The SMILES string of the molecule is CCCCC(C(=O)OC)C(O)c1ccc(OC)cc1. The van der Waals surface area contributed by atoms with Gasteiger partial charge in [-0.2, -0.15) is 0 Å². The molecule has 2 unspecified atom stereocenters. The Morgan fingerprint density at radius 1 is 1.26 bits per heavy atom. The molecule has 0 radical (unpaired) electrons. The highest BCUT2D eigenvalue weighted by molar-refractivity contribution is 5.73. The highest BCUT2D eigenvalue weighted by Crippen LogP contribution is 2.28. The van der Waals surface area contributed by atoms with E-state index in [0.29, 0.717) is 12.0 Å². The number of unbranched alkanes of at least 4 members (excludes halogenated alkanes) is 1. The van der Waals surface area contributed by atoms with Crippen LogP contribution in [0.25, 0.3) is 0 Å². The fraction of sp³-hybridized carbons (Fsp3) is 0.533. The van der Waals surface area contributed by atoms with E-state index in [2.05, 4.69) is 0 Å². The Hall–Kier alpha value is -1.55. The lowest BCUT2D eigenvalue weighted by atomic mass is 9.91. The van der Waals surface area contributed by atoms with Crippen molar-refractivity contribution in [2.45, 2.75) is 32.3 Å². The van der Waals surface area contributed by atoms with Gasteiger partial charge in [-0.1, -0.05) is 31.9 Å². The van der Waals surface area contributed by atoms with Crippen LogP contribution in [0.5, 0.6) is 5.75 Å². The molecule has 0 spiro atoms. The number of rotatable bonds is 7. The zero-order chi connectivity index (χ0) is 14.3. The predicted molar refractivity (Wildman–Crippen MR) is 73.0 cm³/mol. The fourth-order valence-electron chi connectivity index (χ4n) is 2.01. The minimum absolute atomic E-state index is 0.364. The van der Waals surface area contributed by atoms with Crippen LogP contribution < -0.4 is 4.74 Å². The summed E-state index contributed by atoms with van der Waals surface area (Å²) in [5, 5.41) is 10.3. The maximum absolute atomic E-state index is 11.7. The molecule has 2 atom stereocenters. The monoisotopic (exact) mass is 266 g/mol. The molecule has 4 heteroatoms. The van der Waals surface area contributed by atoms with Gasteiger partial charge in [-0.15, -0.1) is 0 Å². The van der Waals surface area contributed by atoms with Crippen LogP contribution in [-0.2, 0) is 9.53 Å². The Morgan fingerprint density at radius 2 is 1.89 bits per heavy atom. The summed E-state index contributed by atoms with van der Waals surface area (Å²) < 4.78 is 9.84. The van der Waals surface area contributed by atoms with Gasteiger partial charge in [-0.25, -0.2) is 0 Å². The van der Waals surface area contributed by atoms with Gasteiger partial charge >= 0.3 is 5.97 Å². The molecule has 0 saturated carbocycles. The molecule has 1 aromatic rings. The molecule has 4 nitrogen and oxygen atoms in total. The fourth-order valence-corrected chi connectivity index (χ4v) is 2.01. The number of hydrogen-bond donors (Lipinski definition) is 1. The maximum atomic E-state index is 11.7. The van der Waals surface area contributed by atoms with Crippen molar-refractivity contribution < 1.29 is 19.4 Å². The molecule has 0 heterocycles. The molecule has 0 fully saturated rings. The van der Waals surface area contributed by atoms with Crippen LogP contribution >= 0.6 is 0 Å². The van der Waals surface area contributed by atoms with Crippen LogP contribution in [0.1, 0.15) is 37.9 Å². The summed E-state index contributed by atoms with van der Waals surface area (Å²) in [6, 6.07) is 7.08. The van der Waals surface area contributed by atoms with E-state index in [1.807, 2.05) is 6.92 Å². The first kappa shape index (κ1) is 15.5. The molecule has 0 bridgehead atoms. The van der Waals surface area contributed by atoms with E-state index in [1.54, 1.807) is 31.4 Å². The first-order chi connectivity index (χ1) is 9.13. The zero-order valence-corrected chi connectivity index (χ0v) is 11.8. The van der Waals surface area contributed by atoms with Gasteiger partial charge in [0.1, 0.15) is 5.75 Å². The number of methoxy groups -OCH3 is 2. The van der Waals surface area contributed by atoms with Crippen molar-refractivity contribution in [2.24, 2.45) is 5.92 Å². The summed E-state index contributed by atoms with van der Waals surface area (Å²) in [7, 11) is 2.94. The van der Waals surface area contributed by atoms with Crippen molar-refractivity contribution in [3.05, 3.63) is 29.8 Å². The van der Waals surface area contributed by atoms with Crippen LogP contribution in [0.4, 0.5) is 0 Å². The number of carbonyl (C=O) groups is 1. The molecular formula is C15H22O4. The molecule has 1 rings (SSSR count). The molecule has 0 aliphatic carbocycles. The van der Waals surface area contributed by atoms with Crippen molar-refractivity contribution >= 4 is 5.97 Å². The molecule has 0 amide bonds. The van der Waals surface area contributed by atoms with E-state index >= 15 is 0 Å². The Balaban J connectivity index is 2.84. The number of aliphatic hydroxyl groups excluding tert-OH is 1. The van der Waals surface area contributed by atoms with Gasteiger partial charge in [0.25, 0.3) is 0 Å². The van der Waals surface area contributed by atoms with Crippen molar-refractivity contribution in [3.63, 3.8) is 0 Å². The Morgan fingerprint density at radius 3 is 2.37 bits per heavy atom. The number of ether oxygens (including phenoxy) is 2. The lowest BCUT2D eigenvalue weighted by Gasteiger charge is -2.21. The standard InChI is InChI=1S/C15H22O4/c1-4-5-6-13(15(17)19-3)14(16)11-7-9-12(18-2)10-8-11/h7-10,13-14,16H,4-6H2,1-3H3. The maximum Gasteiger partial charge on any atom is 0.311 e. The van der Waals surface area contributed by atoms with Crippen LogP contribution in [0.2, 0.25) is 0 Å². The third-order valence-corrected chi connectivity index (χ3v) is 3.21. The van der Waals surface area contributed by atoms with Gasteiger partial charge < -0.3 is 14.6 Å². The summed E-state index contributed by atoms with van der Waals surface area (Å²) in [6.07, 6.45) is 1.64. The molecule has 106 valence electrons. The average molecular weight is 266 g/mol. The van der Waals surface area contributed by atoms with Gasteiger partial charge in [0, 0.05) is 0 Å². The Bertz CT molecular complexity index is 386. The second-order valence-corrected chi connectivity index (χ2v) is 4.49. The summed E-state index contributed by atoms with van der Waals surface area (Å²) in [5.74, 6) is -0.158. The summed E-state index contributed by atoms with van der Waals surface area (Å²) >= 11 is 0. The zero-order valence-electron chi connectivity index (χ0n) is 11.8. The number of aliphatic hydroxyl groups is 1. The van der Waals surface area contributed by atoms with Crippen molar-refractivity contribution in [1.29, 1.82) is 0 Å². The Labute approximate surface area is 114 Å². The normalized spacial score (nSPS) is 13.7. The number of carbonyl (C=O) groups excluding carboxylic acids is 1. The van der Waals surface area contributed by atoms with E-state index in [4.69, 9.17) is 9.47 Å². The highest BCUT2D eigenvalue weighted by atomic mass is 16.5. The molecule has 0 aliphatic rings. The average Bonchev–Trinajstić information content (AvgIpc) is 2.47. The summed E-state index contributed by atoms with van der Waals surface area (Å²) in [4.78, 5) is 11.7. The van der Waals surface area contributed by atoms with E-state index in [0.717, 1.165) is 18.6 Å². The molecule has 0 saturated heterocycles. The second-order valence-electron chi connectivity index (χ2n) is 4.49. The molecule has 0 aromatic heterocycles. The van der Waals surface area contributed by atoms with Gasteiger partial charge in [0.05, 0.1) is 26.2 Å². The Kier molecular flexibility index (Phi) is 6.36.